The molecule has 0 atom stereocenters. The summed E-state index contributed by atoms with van der Waals surface area (Å²) in [5, 5.41) is 0.407. The third-order valence-corrected chi connectivity index (χ3v) is 3.01. The number of hydrogen-bond acceptors (Lipinski definition) is 1. The lowest BCUT2D eigenvalue weighted by molar-refractivity contribution is 0.284. The Balaban J connectivity index is 2.16. The van der Waals surface area contributed by atoms with Crippen molar-refractivity contribution in [2.75, 3.05) is 0 Å². The maximum Gasteiger partial charge on any atom is 0.165 e. The van der Waals surface area contributed by atoms with Gasteiger partial charge in [0.15, 0.2) is 11.6 Å². The Morgan fingerprint density at radius 1 is 1.06 bits per heavy atom. The van der Waals surface area contributed by atoms with Crippen molar-refractivity contribution >= 4 is 27.5 Å². The van der Waals surface area contributed by atoms with Crippen molar-refractivity contribution in [1.29, 1.82) is 0 Å². The summed E-state index contributed by atoms with van der Waals surface area (Å²) in [5.74, 6) is -0.876. The fourth-order valence-corrected chi connectivity index (χ4v) is 1.93. The molecule has 0 aliphatic rings. The van der Waals surface area contributed by atoms with E-state index >= 15 is 0 Å². The standard InChI is InChI=1S/C13H8BrClF2O/c14-9-1-3-12(17)13(6-9)18-7-8-5-10(15)2-4-11(8)16/h1-6H,7H2. The molecule has 0 aliphatic carbocycles. The summed E-state index contributed by atoms with van der Waals surface area (Å²) < 4.78 is 32.7. The Bertz CT molecular complexity index is 523. The molecule has 2 aromatic rings. The van der Waals surface area contributed by atoms with Crippen LogP contribution in [0.25, 0.3) is 0 Å². The summed E-state index contributed by atoms with van der Waals surface area (Å²) in [6, 6.07) is 8.46. The van der Waals surface area contributed by atoms with E-state index in [0.29, 0.717) is 9.50 Å². The topological polar surface area (TPSA) is 9.23 Å². The number of rotatable bonds is 3. The fraction of sp³-hybridized carbons (Fsp3) is 0.0769. The fourth-order valence-electron chi connectivity index (χ4n) is 1.40. The molecule has 18 heavy (non-hydrogen) atoms. The molecule has 0 unspecified atom stereocenters. The Labute approximate surface area is 116 Å². The molecule has 0 spiro atoms. The van der Waals surface area contributed by atoms with Gasteiger partial charge >= 0.3 is 0 Å². The van der Waals surface area contributed by atoms with E-state index in [-0.39, 0.29) is 17.9 Å². The van der Waals surface area contributed by atoms with E-state index in [1.165, 1.54) is 30.3 Å². The molecule has 2 aromatic carbocycles. The highest BCUT2D eigenvalue weighted by Gasteiger charge is 2.07. The lowest BCUT2D eigenvalue weighted by Gasteiger charge is -2.08. The molecule has 0 radical (unpaired) electrons. The molecule has 94 valence electrons. The number of hydrogen-bond donors (Lipinski definition) is 0. The quantitative estimate of drug-likeness (QED) is 0.771. The van der Waals surface area contributed by atoms with Crippen LogP contribution in [0.15, 0.2) is 40.9 Å². The SMILES string of the molecule is Fc1ccc(Cl)cc1COc1cc(Br)ccc1F. The zero-order valence-electron chi connectivity index (χ0n) is 9.09. The second-order valence-electron chi connectivity index (χ2n) is 3.60. The van der Waals surface area contributed by atoms with E-state index < -0.39 is 11.6 Å². The molecule has 0 aromatic heterocycles. The van der Waals surface area contributed by atoms with Gasteiger partial charge in [0.05, 0.1) is 0 Å². The van der Waals surface area contributed by atoms with Crippen molar-refractivity contribution in [2.24, 2.45) is 0 Å². The second-order valence-corrected chi connectivity index (χ2v) is 4.95. The van der Waals surface area contributed by atoms with Crippen LogP contribution < -0.4 is 4.74 Å². The van der Waals surface area contributed by atoms with Crippen molar-refractivity contribution in [3.05, 3.63) is 63.1 Å². The molecule has 0 saturated carbocycles. The summed E-state index contributed by atoms with van der Waals surface area (Å²) in [6.07, 6.45) is 0. The molecule has 0 fully saturated rings. The van der Waals surface area contributed by atoms with Crippen LogP contribution in [0.3, 0.4) is 0 Å². The first-order chi connectivity index (χ1) is 8.56. The lowest BCUT2D eigenvalue weighted by Crippen LogP contribution is -2.00. The molecular formula is C13H8BrClF2O. The Hall–Kier alpha value is -1.13. The average molecular weight is 334 g/mol. The normalized spacial score (nSPS) is 10.4. The van der Waals surface area contributed by atoms with Crippen molar-refractivity contribution in [3.8, 4) is 5.75 Å². The summed E-state index contributed by atoms with van der Waals surface area (Å²) in [7, 11) is 0. The van der Waals surface area contributed by atoms with E-state index in [4.69, 9.17) is 16.3 Å². The third-order valence-electron chi connectivity index (χ3n) is 2.28. The molecule has 0 saturated heterocycles. The van der Waals surface area contributed by atoms with Crippen LogP contribution in [-0.4, -0.2) is 0 Å². The third kappa shape index (κ3) is 3.21. The van der Waals surface area contributed by atoms with E-state index in [0.717, 1.165) is 0 Å². The van der Waals surface area contributed by atoms with Gasteiger partial charge in [-0.3, -0.25) is 0 Å². The van der Waals surface area contributed by atoms with Gasteiger partial charge < -0.3 is 4.74 Å². The Morgan fingerprint density at radius 2 is 1.78 bits per heavy atom. The minimum Gasteiger partial charge on any atom is -0.486 e. The Kier molecular flexibility index (Phi) is 4.19. The second kappa shape index (κ2) is 5.67. The number of halogens is 4. The molecule has 0 N–H and O–H groups in total. The van der Waals surface area contributed by atoms with E-state index in [1.54, 1.807) is 6.07 Å². The van der Waals surface area contributed by atoms with Crippen molar-refractivity contribution in [3.63, 3.8) is 0 Å². The zero-order chi connectivity index (χ0) is 13.1. The Morgan fingerprint density at radius 3 is 2.56 bits per heavy atom. The summed E-state index contributed by atoms with van der Waals surface area (Å²) in [4.78, 5) is 0. The van der Waals surface area contributed by atoms with Gasteiger partial charge in [-0.2, -0.15) is 0 Å². The van der Waals surface area contributed by atoms with Gasteiger partial charge in [-0.1, -0.05) is 27.5 Å². The largest absolute Gasteiger partial charge is 0.486 e. The predicted octanol–water partition coefficient (Wildman–Crippen LogP) is 4.96. The molecule has 0 heterocycles. The van der Waals surface area contributed by atoms with Crippen LogP contribution in [0.1, 0.15) is 5.56 Å². The minimum absolute atomic E-state index is 0.0590. The van der Waals surface area contributed by atoms with Crippen LogP contribution in [0, 0.1) is 11.6 Å². The maximum absolute atomic E-state index is 13.4. The molecule has 1 nitrogen and oxygen atoms in total. The number of benzene rings is 2. The van der Waals surface area contributed by atoms with Gasteiger partial charge in [0.1, 0.15) is 12.4 Å². The van der Waals surface area contributed by atoms with Gasteiger partial charge in [0.25, 0.3) is 0 Å². The first kappa shape index (κ1) is 13.3. The molecule has 0 aliphatic heterocycles. The van der Waals surface area contributed by atoms with E-state index in [9.17, 15) is 8.78 Å². The smallest absolute Gasteiger partial charge is 0.165 e. The molecule has 2 rings (SSSR count). The maximum atomic E-state index is 13.4. The lowest BCUT2D eigenvalue weighted by atomic mass is 10.2. The first-order valence-electron chi connectivity index (χ1n) is 5.08. The predicted molar refractivity (Wildman–Crippen MR) is 69.8 cm³/mol. The van der Waals surface area contributed by atoms with Crippen molar-refractivity contribution < 1.29 is 13.5 Å². The highest BCUT2D eigenvalue weighted by molar-refractivity contribution is 9.10. The van der Waals surface area contributed by atoms with Gasteiger partial charge in [0.2, 0.25) is 0 Å². The van der Waals surface area contributed by atoms with Crippen LogP contribution in [0.5, 0.6) is 5.75 Å². The van der Waals surface area contributed by atoms with E-state index in [1.807, 2.05) is 0 Å². The summed E-state index contributed by atoms with van der Waals surface area (Å²) in [5.41, 5.74) is 0.280. The summed E-state index contributed by atoms with van der Waals surface area (Å²) >= 11 is 8.96. The molecule has 0 bridgehead atoms. The van der Waals surface area contributed by atoms with Crippen molar-refractivity contribution in [1.82, 2.24) is 0 Å². The first-order valence-corrected chi connectivity index (χ1v) is 6.25. The molecular weight excluding hydrogens is 325 g/mol. The highest BCUT2D eigenvalue weighted by atomic mass is 79.9. The van der Waals surface area contributed by atoms with Crippen molar-refractivity contribution in [2.45, 2.75) is 6.61 Å². The summed E-state index contributed by atoms with van der Waals surface area (Å²) in [6.45, 7) is -0.0836. The van der Waals surface area contributed by atoms with Gasteiger partial charge in [0, 0.05) is 15.1 Å². The van der Waals surface area contributed by atoms with Gasteiger partial charge in [-0.25, -0.2) is 8.78 Å². The van der Waals surface area contributed by atoms with E-state index in [2.05, 4.69) is 15.9 Å². The van der Waals surface area contributed by atoms with Gasteiger partial charge in [-0.15, -0.1) is 0 Å². The monoisotopic (exact) mass is 332 g/mol. The highest BCUT2D eigenvalue weighted by Crippen LogP contribution is 2.24. The minimum atomic E-state index is -0.499. The molecule has 0 amide bonds. The van der Waals surface area contributed by atoms with Crippen LogP contribution in [-0.2, 0) is 6.61 Å². The number of ether oxygens (including phenoxy) is 1. The average Bonchev–Trinajstić information content (AvgIpc) is 2.34. The van der Waals surface area contributed by atoms with Crippen LogP contribution >= 0.6 is 27.5 Å². The zero-order valence-corrected chi connectivity index (χ0v) is 11.4. The van der Waals surface area contributed by atoms with Gasteiger partial charge in [-0.05, 0) is 36.4 Å². The van der Waals surface area contributed by atoms with Crippen LogP contribution in [0.2, 0.25) is 5.02 Å². The van der Waals surface area contributed by atoms with Crippen LogP contribution in [0.4, 0.5) is 8.78 Å². The molecule has 5 heteroatoms.